The Hall–Kier alpha value is 0.110. The molecule has 0 bridgehead atoms. The van der Waals surface area contributed by atoms with E-state index in [1.165, 1.54) is 64.0 Å². The van der Waals surface area contributed by atoms with Crippen LogP contribution >= 0.6 is 19.9 Å². The van der Waals surface area contributed by atoms with Gasteiger partial charge >= 0.3 is 5.97 Å². The van der Waals surface area contributed by atoms with Crippen LogP contribution in [0.4, 0.5) is 0 Å². The van der Waals surface area contributed by atoms with Gasteiger partial charge in [0, 0.05) is 6.92 Å². The van der Waals surface area contributed by atoms with Gasteiger partial charge in [0.2, 0.25) is 0 Å². The second kappa shape index (κ2) is 11.9. The van der Waals surface area contributed by atoms with E-state index < -0.39 is 9.24 Å². The van der Waals surface area contributed by atoms with Gasteiger partial charge in [-0.3, -0.25) is 4.79 Å². The Labute approximate surface area is 125 Å². The Balaban J connectivity index is 3.05. The normalized spacial score (nSPS) is 12.4. The molecule has 0 spiro atoms. The number of carbonyl (C=O) groups is 1. The summed E-state index contributed by atoms with van der Waals surface area (Å²) in [6, 6.07) is 0. The molecule has 0 fully saturated rings. The van der Waals surface area contributed by atoms with Gasteiger partial charge in [-0.05, 0) is 31.1 Å². The first-order chi connectivity index (χ1) is 8.92. The van der Waals surface area contributed by atoms with Crippen LogP contribution in [0.5, 0.6) is 0 Å². The molecule has 0 aliphatic heterocycles. The van der Waals surface area contributed by atoms with Crippen molar-refractivity contribution in [2.75, 3.05) is 24.9 Å². The van der Waals surface area contributed by atoms with Crippen LogP contribution in [-0.2, 0) is 9.53 Å². The molecule has 0 heterocycles. The van der Waals surface area contributed by atoms with Crippen LogP contribution in [0, 0.1) is 0 Å². The van der Waals surface area contributed by atoms with Crippen molar-refractivity contribution in [2.45, 2.75) is 64.7 Å². The largest absolute Gasteiger partial charge is 0.466 e. The first-order valence-electron chi connectivity index (χ1n) is 7.46. The maximum absolute atomic E-state index is 10.5. The summed E-state index contributed by atoms with van der Waals surface area (Å²) >= 11 is 0. The summed E-state index contributed by atoms with van der Waals surface area (Å²) in [4.78, 5) is 10.5. The van der Waals surface area contributed by atoms with Gasteiger partial charge in [0.1, 0.15) is 0 Å². The Morgan fingerprint density at radius 2 is 1.32 bits per heavy atom. The molecule has 0 aliphatic carbocycles. The molecule has 0 aromatic rings. The van der Waals surface area contributed by atoms with Gasteiger partial charge in [-0.2, -0.15) is 9.24 Å². The van der Waals surface area contributed by atoms with E-state index in [4.69, 9.17) is 15.4 Å². The zero-order valence-corrected chi connectivity index (χ0v) is 14.5. The molecule has 0 rings (SSSR count). The van der Waals surface area contributed by atoms with Crippen LogP contribution in [-0.4, -0.2) is 30.8 Å². The molecular formula is C15H31ClO2S. The Bertz CT molecular complexity index is 227. The van der Waals surface area contributed by atoms with Crippen LogP contribution in [0.15, 0.2) is 0 Å². The van der Waals surface area contributed by atoms with Gasteiger partial charge in [0.15, 0.2) is 0 Å². The third kappa shape index (κ3) is 18.1. The molecule has 2 nitrogen and oxygen atoms in total. The van der Waals surface area contributed by atoms with Crippen molar-refractivity contribution in [1.29, 1.82) is 0 Å². The van der Waals surface area contributed by atoms with Crippen molar-refractivity contribution in [3.8, 4) is 0 Å². The maximum atomic E-state index is 10.5. The third-order valence-corrected chi connectivity index (χ3v) is 4.80. The minimum Gasteiger partial charge on any atom is -0.466 e. The van der Waals surface area contributed by atoms with E-state index in [0.29, 0.717) is 6.61 Å². The molecule has 0 N–H and O–H groups in total. The Morgan fingerprint density at radius 3 is 1.74 bits per heavy atom. The molecular weight excluding hydrogens is 280 g/mol. The van der Waals surface area contributed by atoms with Gasteiger partial charge in [0.25, 0.3) is 0 Å². The molecule has 0 aromatic heterocycles. The number of halogens is 1. The monoisotopic (exact) mass is 310 g/mol. The predicted octanol–water partition coefficient (Wildman–Crippen LogP) is 5.28. The predicted molar refractivity (Wildman–Crippen MR) is 88.3 cm³/mol. The van der Waals surface area contributed by atoms with Crippen molar-refractivity contribution < 1.29 is 9.53 Å². The van der Waals surface area contributed by atoms with Crippen molar-refractivity contribution in [3.05, 3.63) is 0 Å². The van der Waals surface area contributed by atoms with E-state index in [-0.39, 0.29) is 5.97 Å². The van der Waals surface area contributed by atoms with Crippen LogP contribution in [0.25, 0.3) is 0 Å². The van der Waals surface area contributed by atoms with Crippen LogP contribution in [0.1, 0.15) is 64.7 Å². The molecule has 0 unspecified atom stereocenters. The van der Waals surface area contributed by atoms with Crippen molar-refractivity contribution in [3.63, 3.8) is 0 Å². The number of rotatable bonds is 12. The molecule has 0 amide bonds. The fourth-order valence-electron chi connectivity index (χ4n) is 2.00. The fourth-order valence-corrected chi connectivity index (χ4v) is 3.22. The summed E-state index contributed by atoms with van der Waals surface area (Å²) in [5.74, 6) is 1.03. The van der Waals surface area contributed by atoms with E-state index in [2.05, 4.69) is 12.5 Å². The lowest BCUT2D eigenvalue weighted by Gasteiger charge is -2.21. The maximum Gasteiger partial charge on any atom is 0.302 e. The summed E-state index contributed by atoms with van der Waals surface area (Å²) in [6.45, 7) is 2.05. The number of hydrogen-bond acceptors (Lipinski definition) is 2. The van der Waals surface area contributed by atoms with Crippen molar-refractivity contribution >= 4 is 25.9 Å². The lowest BCUT2D eigenvalue weighted by atomic mass is 10.1. The van der Waals surface area contributed by atoms with Crippen LogP contribution < -0.4 is 0 Å². The highest BCUT2D eigenvalue weighted by Gasteiger charge is 2.05. The van der Waals surface area contributed by atoms with E-state index in [1.54, 1.807) is 0 Å². The second-order valence-electron chi connectivity index (χ2n) is 5.63. The molecule has 116 valence electrons. The lowest BCUT2D eigenvalue weighted by Crippen LogP contribution is -2.00. The number of carbonyl (C=O) groups excluding carboxylic acids is 1. The summed E-state index contributed by atoms with van der Waals surface area (Å²) in [7, 11) is 5.42. The molecule has 0 saturated carbocycles. The van der Waals surface area contributed by atoms with Gasteiger partial charge in [-0.25, -0.2) is 0 Å². The average molecular weight is 311 g/mol. The summed E-state index contributed by atoms with van der Waals surface area (Å²) in [6.07, 6.45) is 15.8. The van der Waals surface area contributed by atoms with E-state index in [9.17, 15) is 4.79 Å². The Kier molecular flexibility index (Phi) is 12.0. The lowest BCUT2D eigenvalue weighted by molar-refractivity contribution is -0.141. The highest BCUT2D eigenvalue weighted by Crippen LogP contribution is 2.45. The minimum absolute atomic E-state index is 0.165. The number of unbranched alkanes of at least 4 members (excludes halogenated alkanes) is 8. The first-order valence-corrected chi connectivity index (χ1v) is 10.9. The number of esters is 1. The SMILES string of the molecule is CC(=O)OCCCCCCCCCCCS(C)(C)Cl. The molecule has 0 aliphatic rings. The zero-order chi connectivity index (χ0) is 14.6. The first kappa shape index (κ1) is 19.1. The van der Waals surface area contributed by atoms with Crippen molar-refractivity contribution in [2.24, 2.45) is 0 Å². The smallest absolute Gasteiger partial charge is 0.302 e. The van der Waals surface area contributed by atoms with Gasteiger partial charge < -0.3 is 4.74 Å². The molecule has 0 radical (unpaired) electrons. The highest BCUT2D eigenvalue weighted by atomic mass is 35.7. The molecule has 0 aromatic carbocycles. The van der Waals surface area contributed by atoms with Crippen LogP contribution in [0.3, 0.4) is 0 Å². The average Bonchev–Trinajstić information content (AvgIpc) is 2.28. The van der Waals surface area contributed by atoms with Crippen LogP contribution in [0.2, 0.25) is 0 Å². The second-order valence-corrected chi connectivity index (χ2v) is 11.4. The standard InChI is InChI=1S/C15H31ClO2S/c1-15(17)18-13-11-9-7-5-4-6-8-10-12-14-19(2,3)16/h4-14H2,1-3H3. The fraction of sp³-hybridized carbons (Fsp3) is 0.933. The molecule has 0 atom stereocenters. The number of ether oxygens (including phenoxy) is 1. The van der Waals surface area contributed by atoms with Gasteiger partial charge in [-0.15, -0.1) is 0 Å². The molecule has 19 heavy (non-hydrogen) atoms. The van der Waals surface area contributed by atoms with Gasteiger partial charge in [0.05, 0.1) is 6.61 Å². The minimum atomic E-state index is -0.804. The third-order valence-electron chi connectivity index (χ3n) is 3.08. The van der Waals surface area contributed by atoms with E-state index >= 15 is 0 Å². The molecule has 4 heteroatoms. The Morgan fingerprint density at radius 1 is 0.895 bits per heavy atom. The summed E-state index contributed by atoms with van der Waals surface area (Å²) in [5, 5.41) is 0. The van der Waals surface area contributed by atoms with Crippen molar-refractivity contribution in [1.82, 2.24) is 0 Å². The van der Waals surface area contributed by atoms with E-state index in [0.717, 1.165) is 6.42 Å². The quantitative estimate of drug-likeness (QED) is 0.362. The summed E-state index contributed by atoms with van der Waals surface area (Å²) in [5.41, 5.74) is 0. The van der Waals surface area contributed by atoms with E-state index in [1.807, 2.05) is 0 Å². The molecule has 0 saturated heterocycles. The zero-order valence-electron chi connectivity index (χ0n) is 12.9. The summed E-state index contributed by atoms with van der Waals surface area (Å²) < 4.78 is 4.89. The highest BCUT2D eigenvalue weighted by molar-refractivity contribution is 8.50. The number of hydrogen-bond donors (Lipinski definition) is 0. The topological polar surface area (TPSA) is 26.3 Å². The van der Waals surface area contributed by atoms with Gasteiger partial charge in [-0.1, -0.05) is 55.6 Å².